The lowest BCUT2D eigenvalue weighted by Crippen LogP contribution is -2.31. The molecule has 0 saturated carbocycles. The van der Waals surface area contributed by atoms with E-state index >= 15 is 0 Å². The average molecular weight is 500 g/mol. The van der Waals surface area contributed by atoms with Crippen LogP contribution in [0.2, 0.25) is 5.02 Å². The first-order valence-corrected chi connectivity index (χ1v) is 12.4. The lowest BCUT2D eigenvalue weighted by Gasteiger charge is -2.30. The maximum atomic E-state index is 12.5. The number of hydrogen-bond donors (Lipinski definition) is 1. The molecule has 6 rings (SSSR count). The lowest BCUT2D eigenvalue weighted by molar-refractivity contribution is -0.113. The molecule has 4 aromatic heterocycles. The fourth-order valence-corrected chi connectivity index (χ4v) is 6.26. The minimum Gasteiger partial charge on any atom is -0.370 e. The van der Waals surface area contributed by atoms with Gasteiger partial charge in [-0.1, -0.05) is 29.4 Å². The number of nitrogens with zero attached hydrogens (tertiary/aromatic N) is 6. The molecule has 9 nitrogen and oxygen atoms in total. The number of ether oxygens (including phenoxy) is 1. The van der Waals surface area contributed by atoms with Crippen molar-refractivity contribution in [3.8, 4) is 0 Å². The first kappa shape index (κ1) is 20.8. The Labute approximate surface area is 201 Å². The fourth-order valence-electron chi connectivity index (χ4n) is 4.05. The number of nitrogens with one attached hydrogen (secondary N) is 1. The maximum Gasteiger partial charge on any atom is 0.260 e. The molecule has 168 valence electrons. The number of halogens is 1. The predicted molar refractivity (Wildman–Crippen MR) is 128 cm³/mol. The smallest absolute Gasteiger partial charge is 0.260 e. The van der Waals surface area contributed by atoms with Crippen LogP contribution in [0.25, 0.3) is 21.6 Å². The summed E-state index contributed by atoms with van der Waals surface area (Å²) in [4.78, 5) is 19.2. The number of thioether (sulfide) groups is 1. The number of carbonyl (C=O) groups is 1. The summed E-state index contributed by atoms with van der Waals surface area (Å²) in [6.45, 7) is 4.74. The van der Waals surface area contributed by atoms with Crippen molar-refractivity contribution in [2.45, 2.75) is 37.6 Å². The Balaban J connectivity index is 1.40. The van der Waals surface area contributed by atoms with E-state index in [0.29, 0.717) is 28.3 Å². The van der Waals surface area contributed by atoms with E-state index < -0.39 is 0 Å². The quantitative estimate of drug-likeness (QED) is 0.369. The van der Waals surface area contributed by atoms with E-state index in [1.807, 2.05) is 4.40 Å². The number of anilines is 1. The second kappa shape index (κ2) is 7.66. The van der Waals surface area contributed by atoms with Crippen molar-refractivity contribution in [2.24, 2.45) is 0 Å². The third-order valence-electron chi connectivity index (χ3n) is 5.49. The summed E-state index contributed by atoms with van der Waals surface area (Å²) in [6, 6.07) is 7.06. The van der Waals surface area contributed by atoms with Crippen LogP contribution in [0.1, 0.15) is 24.3 Å². The standard InChI is InChI=1S/C21H18ClN7O2S2/c1-21(2)7-13-14(8-31-21)33-18-16(13)17-23-10-24-29(17)19-26-27-20(28(18)19)32-9-15(30)25-12-5-3-4-11(22)6-12/h3-6,10H,7-9H2,1-2H3,(H,25,30). The molecular weight excluding hydrogens is 482 g/mol. The molecule has 1 aliphatic rings. The third kappa shape index (κ3) is 3.55. The third-order valence-corrected chi connectivity index (χ3v) is 7.84. The number of thiophene rings is 1. The summed E-state index contributed by atoms with van der Waals surface area (Å²) in [5.74, 6) is 0.579. The molecule has 0 saturated heterocycles. The highest BCUT2D eigenvalue weighted by Crippen LogP contribution is 2.41. The summed E-state index contributed by atoms with van der Waals surface area (Å²) in [6.07, 6.45) is 2.31. The first-order chi connectivity index (χ1) is 15.9. The second-order valence-corrected chi connectivity index (χ2v) is 10.8. The molecule has 5 heterocycles. The molecule has 0 spiro atoms. The highest BCUT2D eigenvalue weighted by molar-refractivity contribution is 7.99. The molecule has 0 fully saturated rings. The molecular formula is C21H18ClN7O2S2. The number of fused-ring (bicyclic) bond motifs is 8. The van der Waals surface area contributed by atoms with Crippen LogP contribution in [0.3, 0.4) is 0 Å². The molecule has 12 heteroatoms. The Bertz CT molecular complexity index is 1550. The predicted octanol–water partition coefficient (Wildman–Crippen LogP) is 4.22. The molecule has 0 radical (unpaired) electrons. The number of hydrogen-bond acceptors (Lipinski definition) is 8. The van der Waals surface area contributed by atoms with Crippen molar-refractivity contribution in [3.63, 3.8) is 0 Å². The Morgan fingerprint density at radius 2 is 2.24 bits per heavy atom. The highest BCUT2D eigenvalue weighted by Gasteiger charge is 2.32. The normalized spacial score (nSPS) is 15.4. The molecule has 1 aromatic carbocycles. The molecule has 0 unspecified atom stereocenters. The summed E-state index contributed by atoms with van der Waals surface area (Å²) in [5.41, 5.74) is 2.39. The van der Waals surface area contributed by atoms with Crippen molar-refractivity contribution in [3.05, 3.63) is 46.1 Å². The second-order valence-electron chi connectivity index (χ2n) is 8.37. The van der Waals surface area contributed by atoms with Crippen molar-refractivity contribution in [2.75, 3.05) is 11.1 Å². The number of carbonyl (C=O) groups excluding carboxylic acids is 1. The molecule has 33 heavy (non-hydrogen) atoms. The van der Waals surface area contributed by atoms with Gasteiger partial charge < -0.3 is 10.1 Å². The summed E-state index contributed by atoms with van der Waals surface area (Å²) >= 11 is 8.98. The topological polar surface area (TPSA) is 98.7 Å². The van der Waals surface area contributed by atoms with E-state index in [2.05, 4.69) is 39.4 Å². The molecule has 1 N–H and O–H groups in total. The minimum atomic E-state index is -0.254. The molecule has 5 aromatic rings. The average Bonchev–Trinajstić information content (AvgIpc) is 3.47. The monoisotopic (exact) mass is 499 g/mol. The van der Waals surface area contributed by atoms with Crippen LogP contribution < -0.4 is 5.32 Å². The van der Waals surface area contributed by atoms with Gasteiger partial charge in [0.2, 0.25) is 5.91 Å². The van der Waals surface area contributed by atoms with Gasteiger partial charge in [0, 0.05) is 22.0 Å². The highest BCUT2D eigenvalue weighted by atomic mass is 35.5. The van der Waals surface area contributed by atoms with Crippen LogP contribution in [-0.4, -0.2) is 46.5 Å². The minimum absolute atomic E-state index is 0.155. The molecule has 1 amide bonds. The van der Waals surface area contributed by atoms with E-state index in [0.717, 1.165) is 22.3 Å². The number of aromatic nitrogens is 6. The van der Waals surface area contributed by atoms with E-state index in [4.69, 9.17) is 16.3 Å². The zero-order valence-corrected chi connectivity index (χ0v) is 20.1. The van der Waals surface area contributed by atoms with Crippen LogP contribution in [0.15, 0.2) is 35.7 Å². The molecule has 0 aliphatic carbocycles. The van der Waals surface area contributed by atoms with E-state index in [9.17, 15) is 4.79 Å². The fraction of sp³-hybridized carbons (Fsp3) is 0.286. The van der Waals surface area contributed by atoms with Crippen molar-refractivity contribution < 1.29 is 9.53 Å². The molecule has 0 bridgehead atoms. The van der Waals surface area contributed by atoms with Crippen molar-refractivity contribution in [1.82, 2.24) is 29.2 Å². The first-order valence-electron chi connectivity index (χ1n) is 10.2. The maximum absolute atomic E-state index is 12.5. The van der Waals surface area contributed by atoms with Gasteiger partial charge in [0.15, 0.2) is 10.8 Å². The van der Waals surface area contributed by atoms with Gasteiger partial charge in [-0.05, 0) is 37.6 Å². The SMILES string of the molecule is CC1(C)Cc2c(sc3c2c2ncnn2c2nnc(SCC(=O)Nc4cccc(Cl)c4)n32)CO1. The van der Waals surface area contributed by atoms with E-state index in [-0.39, 0.29) is 17.3 Å². The largest absolute Gasteiger partial charge is 0.370 e. The summed E-state index contributed by atoms with van der Waals surface area (Å²) in [5, 5.41) is 18.2. The van der Waals surface area contributed by atoms with Crippen LogP contribution in [0.5, 0.6) is 0 Å². The number of benzene rings is 1. The Morgan fingerprint density at radius 3 is 3.09 bits per heavy atom. The van der Waals surface area contributed by atoms with Gasteiger partial charge in [-0.25, -0.2) is 9.38 Å². The lowest BCUT2D eigenvalue weighted by atomic mass is 9.94. The summed E-state index contributed by atoms with van der Waals surface area (Å²) in [7, 11) is 0. The Kier molecular flexibility index (Phi) is 4.84. The van der Waals surface area contributed by atoms with Crippen LogP contribution in [0, 0.1) is 0 Å². The van der Waals surface area contributed by atoms with E-state index in [1.54, 1.807) is 40.1 Å². The van der Waals surface area contributed by atoms with Crippen LogP contribution in [-0.2, 0) is 22.6 Å². The Morgan fingerprint density at radius 1 is 1.36 bits per heavy atom. The van der Waals surface area contributed by atoms with E-state index in [1.165, 1.54) is 28.5 Å². The van der Waals surface area contributed by atoms with Crippen LogP contribution in [0.4, 0.5) is 5.69 Å². The number of amides is 1. The van der Waals surface area contributed by atoms with Crippen molar-refractivity contribution in [1.29, 1.82) is 0 Å². The Hall–Kier alpha value is -2.73. The van der Waals surface area contributed by atoms with Gasteiger partial charge >= 0.3 is 0 Å². The zero-order chi connectivity index (χ0) is 22.7. The van der Waals surface area contributed by atoms with Gasteiger partial charge in [0.25, 0.3) is 5.78 Å². The summed E-state index contributed by atoms with van der Waals surface area (Å²) < 4.78 is 9.71. The van der Waals surface area contributed by atoms with Gasteiger partial charge in [-0.15, -0.1) is 21.5 Å². The van der Waals surface area contributed by atoms with Gasteiger partial charge in [0.1, 0.15) is 11.2 Å². The van der Waals surface area contributed by atoms with Crippen LogP contribution >= 0.6 is 34.7 Å². The van der Waals surface area contributed by atoms with Gasteiger partial charge in [-0.3, -0.25) is 4.79 Å². The molecule has 0 atom stereocenters. The van der Waals surface area contributed by atoms with Gasteiger partial charge in [0.05, 0.1) is 23.3 Å². The zero-order valence-electron chi connectivity index (χ0n) is 17.7. The molecule has 1 aliphatic heterocycles. The van der Waals surface area contributed by atoms with Crippen molar-refractivity contribution >= 4 is 67.9 Å². The number of rotatable bonds is 4. The van der Waals surface area contributed by atoms with Gasteiger partial charge in [-0.2, -0.15) is 9.61 Å².